The second-order valence-corrected chi connectivity index (χ2v) is 4.33. The standard InChI is InChI=1S/C11H16N2O3/c1-12-2-4-13(5-3-12)7-9-6-10(14)11(15)8-16-9/h6,8,15H,2-5,7H2,1H3/p+1. The first kappa shape index (κ1) is 11.2. The van der Waals surface area contributed by atoms with Crippen LogP contribution < -0.4 is 10.3 Å². The highest BCUT2D eigenvalue weighted by Gasteiger charge is 2.17. The van der Waals surface area contributed by atoms with Crippen LogP contribution in [-0.2, 0) is 6.54 Å². The Balaban J connectivity index is 1.99. The molecule has 1 saturated heterocycles. The molecule has 0 spiro atoms. The molecule has 2 rings (SSSR count). The molecule has 1 aliphatic rings. The van der Waals surface area contributed by atoms with E-state index in [0.717, 1.165) is 32.4 Å². The lowest BCUT2D eigenvalue weighted by molar-refractivity contribution is -0.884. The molecule has 1 aromatic rings. The van der Waals surface area contributed by atoms with Crippen LogP contribution in [0.15, 0.2) is 21.5 Å². The summed E-state index contributed by atoms with van der Waals surface area (Å²) in [5.41, 5.74) is -0.374. The number of quaternary nitrogens is 1. The van der Waals surface area contributed by atoms with Gasteiger partial charge in [0.15, 0.2) is 5.75 Å². The molecule has 1 aliphatic heterocycles. The van der Waals surface area contributed by atoms with Crippen LogP contribution in [0.2, 0.25) is 0 Å². The van der Waals surface area contributed by atoms with Crippen LogP contribution in [-0.4, -0.2) is 43.2 Å². The van der Waals surface area contributed by atoms with Crippen molar-refractivity contribution in [3.05, 3.63) is 28.3 Å². The Bertz CT molecular complexity index is 408. The van der Waals surface area contributed by atoms with Gasteiger partial charge in [0.1, 0.15) is 12.0 Å². The van der Waals surface area contributed by atoms with Gasteiger partial charge in [-0.2, -0.15) is 0 Å². The van der Waals surface area contributed by atoms with E-state index in [1.807, 2.05) is 0 Å². The monoisotopic (exact) mass is 225 g/mol. The highest BCUT2D eigenvalue weighted by molar-refractivity contribution is 5.15. The Hall–Kier alpha value is -1.33. The van der Waals surface area contributed by atoms with Gasteiger partial charge in [0.05, 0.1) is 26.7 Å². The van der Waals surface area contributed by atoms with E-state index in [-0.39, 0.29) is 11.2 Å². The molecule has 0 atom stereocenters. The smallest absolute Gasteiger partial charge is 0.226 e. The first-order valence-electron chi connectivity index (χ1n) is 5.49. The second kappa shape index (κ2) is 4.67. The minimum absolute atomic E-state index is 0.327. The molecular weight excluding hydrogens is 208 g/mol. The average molecular weight is 225 g/mol. The summed E-state index contributed by atoms with van der Waals surface area (Å²) in [6.07, 6.45) is 1.11. The van der Waals surface area contributed by atoms with Crippen molar-refractivity contribution in [3.8, 4) is 5.75 Å². The fourth-order valence-electron chi connectivity index (χ4n) is 1.84. The third-order valence-electron chi connectivity index (χ3n) is 2.96. The van der Waals surface area contributed by atoms with Crippen molar-refractivity contribution in [3.63, 3.8) is 0 Å². The number of nitrogens with one attached hydrogen (secondary N) is 1. The van der Waals surface area contributed by atoms with E-state index in [0.29, 0.717) is 12.3 Å². The summed E-state index contributed by atoms with van der Waals surface area (Å²) in [5, 5.41) is 9.06. The second-order valence-electron chi connectivity index (χ2n) is 4.33. The molecule has 2 heterocycles. The fraction of sp³-hybridized carbons (Fsp3) is 0.545. The van der Waals surface area contributed by atoms with Gasteiger partial charge in [-0.3, -0.25) is 9.69 Å². The van der Waals surface area contributed by atoms with Crippen LogP contribution >= 0.6 is 0 Å². The Morgan fingerprint density at radius 3 is 2.81 bits per heavy atom. The minimum Gasteiger partial charge on any atom is -0.502 e. The quantitative estimate of drug-likeness (QED) is 0.655. The summed E-state index contributed by atoms with van der Waals surface area (Å²) in [7, 11) is 2.18. The molecule has 0 bridgehead atoms. The molecule has 16 heavy (non-hydrogen) atoms. The number of nitrogens with zero attached hydrogens (tertiary/aromatic N) is 1. The number of piperazine rings is 1. The van der Waals surface area contributed by atoms with Gasteiger partial charge in [-0.25, -0.2) is 0 Å². The molecule has 0 saturated carbocycles. The molecule has 2 N–H and O–H groups in total. The van der Waals surface area contributed by atoms with Crippen molar-refractivity contribution in [2.75, 3.05) is 33.2 Å². The predicted molar refractivity (Wildman–Crippen MR) is 58.5 cm³/mol. The van der Waals surface area contributed by atoms with Crippen molar-refractivity contribution in [2.24, 2.45) is 0 Å². The van der Waals surface area contributed by atoms with E-state index in [4.69, 9.17) is 9.52 Å². The minimum atomic E-state index is -0.374. The van der Waals surface area contributed by atoms with E-state index in [1.54, 1.807) is 0 Å². The lowest BCUT2D eigenvalue weighted by Crippen LogP contribution is -3.11. The number of rotatable bonds is 2. The zero-order chi connectivity index (χ0) is 11.5. The lowest BCUT2D eigenvalue weighted by atomic mass is 10.3. The topological polar surface area (TPSA) is 58.1 Å². The largest absolute Gasteiger partial charge is 0.502 e. The fourth-order valence-corrected chi connectivity index (χ4v) is 1.84. The van der Waals surface area contributed by atoms with Crippen LogP contribution in [0.1, 0.15) is 5.76 Å². The van der Waals surface area contributed by atoms with Gasteiger partial charge in [0.25, 0.3) is 0 Å². The Labute approximate surface area is 93.9 Å². The van der Waals surface area contributed by atoms with Crippen molar-refractivity contribution >= 4 is 0 Å². The molecule has 88 valence electrons. The molecule has 5 heteroatoms. The number of hydrogen-bond acceptors (Lipinski definition) is 4. The summed E-state index contributed by atoms with van der Waals surface area (Å²) in [5.74, 6) is 0.286. The Morgan fingerprint density at radius 1 is 1.50 bits per heavy atom. The Morgan fingerprint density at radius 2 is 2.19 bits per heavy atom. The van der Waals surface area contributed by atoms with Gasteiger partial charge in [-0.1, -0.05) is 0 Å². The van der Waals surface area contributed by atoms with Gasteiger partial charge in [-0.15, -0.1) is 0 Å². The maximum Gasteiger partial charge on any atom is 0.226 e. The van der Waals surface area contributed by atoms with Crippen molar-refractivity contribution in [1.82, 2.24) is 4.90 Å². The third kappa shape index (κ3) is 2.62. The van der Waals surface area contributed by atoms with Crippen LogP contribution in [0.3, 0.4) is 0 Å². The SMILES string of the molecule is C[NH+]1CCN(Cc2cc(=O)c(O)co2)CC1. The molecule has 0 unspecified atom stereocenters. The zero-order valence-corrected chi connectivity index (χ0v) is 9.40. The average Bonchev–Trinajstić information content (AvgIpc) is 2.27. The summed E-state index contributed by atoms with van der Waals surface area (Å²) in [6.45, 7) is 4.89. The van der Waals surface area contributed by atoms with Gasteiger partial charge in [-0.05, 0) is 0 Å². The van der Waals surface area contributed by atoms with E-state index in [1.165, 1.54) is 11.0 Å². The maximum atomic E-state index is 11.2. The van der Waals surface area contributed by atoms with Crippen LogP contribution in [0.25, 0.3) is 0 Å². The summed E-state index contributed by atoms with van der Waals surface area (Å²) in [4.78, 5) is 15.0. The Kier molecular flexibility index (Phi) is 3.26. The van der Waals surface area contributed by atoms with Crippen LogP contribution in [0.4, 0.5) is 0 Å². The molecule has 0 aromatic carbocycles. The van der Waals surface area contributed by atoms with Crippen molar-refractivity contribution < 1.29 is 14.4 Å². The highest BCUT2D eigenvalue weighted by atomic mass is 16.4. The molecule has 1 aromatic heterocycles. The normalized spacial score (nSPS) is 18.8. The van der Waals surface area contributed by atoms with Crippen LogP contribution in [0.5, 0.6) is 5.75 Å². The van der Waals surface area contributed by atoms with E-state index < -0.39 is 0 Å². The molecule has 0 radical (unpaired) electrons. The maximum absolute atomic E-state index is 11.2. The summed E-state index contributed by atoms with van der Waals surface area (Å²) in [6, 6.07) is 1.36. The molecule has 0 aliphatic carbocycles. The molecule has 0 amide bonds. The highest BCUT2D eigenvalue weighted by Crippen LogP contribution is 2.06. The molecule has 5 nitrogen and oxygen atoms in total. The number of hydrogen-bond donors (Lipinski definition) is 2. The van der Waals surface area contributed by atoms with Gasteiger partial charge >= 0.3 is 0 Å². The van der Waals surface area contributed by atoms with Gasteiger partial charge < -0.3 is 14.4 Å². The number of aromatic hydroxyl groups is 1. The van der Waals surface area contributed by atoms with Gasteiger partial charge in [0, 0.05) is 19.2 Å². The summed E-state index contributed by atoms with van der Waals surface area (Å²) >= 11 is 0. The van der Waals surface area contributed by atoms with Gasteiger partial charge in [0.2, 0.25) is 5.43 Å². The van der Waals surface area contributed by atoms with Crippen LogP contribution in [0, 0.1) is 0 Å². The van der Waals surface area contributed by atoms with Crippen molar-refractivity contribution in [2.45, 2.75) is 6.54 Å². The third-order valence-corrected chi connectivity index (χ3v) is 2.96. The first-order valence-corrected chi connectivity index (χ1v) is 5.49. The molecular formula is C11H17N2O3+. The van der Waals surface area contributed by atoms with E-state index in [9.17, 15) is 4.79 Å². The lowest BCUT2D eigenvalue weighted by Gasteiger charge is -2.29. The molecule has 1 fully saturated rings. The summed E-state index contributed by atoms with van der Waals surface area (Å²) < 4.78 is 5.17. The van der Waals surface area contributed by atoms with E-state index in [2.05, 4.69) is 11.9 Å². The van der Waals surface area contributed by atoms with Crippen molar-refractivity contribution in [1.29, 1.82) is 0 Å². The number of likely N-dealkylation sites (N-methyl/N-ethyl adjacent to an activating group) is 1. The van der Waals surface area contributed by atoms with E-state index >= 15 is 0 Å². The predicted octanol–water partition coefficient (Wildman–Crippen LogP) is -1.32. The zero-order valence-electron chi connectivity index (χ0n) is 9.40. The first-order chi connectivity index (χ1) is 7.65.